The minimum Gasteiger partial charge on any atom is -0.484 e. The molecule has 160 valence electrons. The first kappa shape index (κ1) is 21.1. The number of hydrogen-bond donors (Lipinski definition) is 1. The zero-order valence-corrected chi connectivity index (χ0v) is 17.6. The molecule has 6 nitrogen and oxygen atoms in total. The third kappa shape index (κ3) is 4.17. The fraction of sp³-hybridized carbons (Fsp3) is 0.591. The number of nitriles is 1. The van der Waals surface area contributed by atoms with Crippen LogP contribution in [0.15, 0.2) is 18.2 Å². The number of carbonyl (C=O) groups excluding carboxylic acids is 2. The van der Waals surface area contributed by atoms with Crippen LogP contribution in [0.25, 0.3) is 0 Å². The Hall–Kier alpha value is -2.17. The van der Waals surface area contributed by atoms with E-state index in [-0.39, 0.29) is 58.1 Å². The van der Waals surface area contributed by atoms with E-state index in [9.17, 15) is 14.0 Å². The summed E-state index contributed by atoms with van der Waals surface area (Å²) in [6, 6.07) is 6.30. The second kappa shape index (κ2) is 7.51. The van der Waals surface area contributed by atoms with Crippen molar-refractivity contribution in [2.24, 2.45) is 10.8 Å². The number of carbonyl (C=O) groups is 2. The standard InChI is InChI=1S/C22H24ClFN2O4/c1-20(13-25)6-16(7-20)29-8-14(27)5-21-10-22(11-21,12-21)26-19(28)9-30-15-2-3-17(23)18(24)4-15/h2-4,16H,5-12H2,1H3,(H,26,28). The van der Waals surface area contributed by atoms with Gasteiger partial charge in [0, 0.05) is 18.0 Å². The summed E-state index contributed by atoms with van der Waals surface area (Å²) >= 11 is 5.62. The lowest BCUT2D eigenvalue weighted by atomic mass is 9.38. The fourth-order valence-corrected chi connectivity index (χ4v) is 5.32. The molecule has 5 rings (SSSR count). The number of benzene rings is 1. The summed E-state index contributed by atoms with van der Waals surface area (Å²) < 4.78 is 24.3. The minimum atomic E-state index is -0.596. The third-order valence-electron chi connectivity index (χ3n) is 6.48. The Balaban J connectivity index is 1.13. The lowest BCUT2D eigenvalue weighted by Crippen LogP contribution is -2.75. The van der Waals surface area contributed by atoms with Crippen molar-refractivity contribution >= 4 is 23.3 Å². The minimum absolute atomic E-state index is 0.000701. The molecule has 0 radical (unpaired) electrons. The average Bonchev–Trinajstić information content (AvgIpc) is 2.62. The van der Waals surface area contributed by atoms with Crippen molar-refractivity contribution in [3.05, 3.63) is 29.0 Å². The van der Waals surface area contributed by atoms with Crippen molar-refractivity contribution in [1.82, 2.24) is 5.32 Å². The van der Waals surface area contributed by atoms with Crippen LogP contribution in [0.2, 0.25) is 5.02 Å². The van der Waals surface area contributed by atoms with E-state index in [4.69, 9.17) is 26.3 Å². The summed E-state index contributed by atoms with van der Waals surface area (Å²) in [7, 11) is 0. The predicted molar refractivity (Wildman–Crippen MR) is 106 cm³/mol. The maximum atomic E-state index is 13.4. The van der Waals surface area contributed by atoms with E-state index in [1.54, 1.807) is 0 Å². The Bertz CT molecular complexity index is 902. The molecule has 0 aromatic heterocycles. The van der Waals surface area contributed by atoms with Gasteiger partial charge in [-0.05, 0) is 56.6 Å². The molecule has 1 aromatic carbocycles. The van der Waals surface area contributed by atoms with Gasteiger partial charge in [-0.1, -0.05) is 11.6 Å². The molecular formula is C22H24ClFN2O4. The van der Waals surface area contributed by atoms with Gasteiger partial charge in [0.1, 0.15) is 18.2 Å². The molecule has 0 heterocycles. The van der Waals surface area contributed by atoms with Gasteiger partial charge in [-0.25, -0.2) is 4.39 Å². The lowest BCUT2D eigenvalue weighted by Gasteiger charge is -2.70. The number of nitrogens with one attached hydrogen (secondary N) is 1. The Kier molecular flexibility index (Phi) is 5.27. The molecule has 2 bridgehead atoms. The second-order valence-corrected chi connectivity index (χ2v) is 9.86. The highest BCUT2D eigenvalue weighted by molar-refractivity contribution is 6.30. The quantitative estimate of drug-likeness (QED) is 0.642. The van der Waals surface area contributed by atoms with Crippen LogP contribution < -0.4 is 10.1 Å². The number of halogens is 2. The summed E-state index contributed by atoms with van der Waals surface area (Å²) in [5, 5.41) is 12.0. The van der Waals surface area contributed by atoms with Gasteiger partial charge in [-0.3, -0.25) is 9.59 Å². The molecule has 4 aliphatic carbocycles. The summed E-state index contributed by atoms with van der Waals surface area (Å²) in [5.41, 5.74) is -0.568. The van der Waals surface area contributed by atoms with Crippen molar-refractivity contribution < 1.29 is 23.5 Å². The molecule has 1 amide bonds. The average molecular weight is 435 g/mol. The fourth-order valence-electron chi connectivity index (χ4n) is 5.20. The molecule has 0 spiro atoms. The van der Waals surface area contributed by atoms with Gasteiger partial charge >= 0.3 is 0 Å². The molecular weight excluding hydrogens is 411 g/mol. The first-order valence-corrected chi connectivity index (χ1v) is 10.5. The van der Waals surface area contributed by atoms with E-state index in [0.29, 0.717) is 19.3 Å². The van der Waals surface area contributed by atoms with Crippen LogP contribution in [0.3, 0.4) is 0 Å². The van der Waals surface area contributed by atoms with Crippen molar-refractivity contribution in [3.63, 3.8) is 0 Å². The van der Waals surface area contributed by atoms with Gasteiger partial charge in [-0.15, -0.1) is 0 Å². The van der Waals surface area contributed by atoms with E-state index >= 15 is 0 Å². The highest BCUT2D eigenvalue weighted by Gasteiger charge is 2.68. The van der Waals surface area contributed by atoms with Crippen molar-refractivity contribution in [1.29, 1.82) is 5.26 Å². The summed E-state index contributed by atoms with van der Waals surface area (Å²) in [5.74, 6) is -0.540. The first-order chi connectivity index (χ1) is 14.1. The zero-order chi connectivity index (χ0) is 21.6. The maximum absolute atomic E-state index is 13.4. The number of hydrogen-bond acceptors (Lipinski definition) is 5. The van der Waals surface area contributed by atoms with Gasteiger partial charge < -0.3 is 14.8 Å². The molecule has 0 atom stereocenters. The van der Waals surface area contributed by atoms with E-state index < -0.39 is 5.82 Å². The maximum Gasteiger partial charge on any atom is 0.258 e. The summed E-state index contributed by atoms with van der Waals surface area (Å²) in [6.45, 7) is 1.80. The Morgan fingerprint density at radius 2 is 2.00 bits per heavy atom. The first-order valence-electron chi connectivity index (χ1n) is 10.1. The molecule has 0 unspecified atom stereocenters. The van der Waals surface area contributed by atoms with E-state index in [2.05, 4.69) is 11.4 Å². The number of ether oxygens (including phenoxy) is 2. The smallest absolute Gasteiger partial charge is 0.258 e. The highest BCUT2D eigenvalue weighted by atomic mass is 35.5. The highest BCUT2D eigenvalue weighted by Crippen LogP contribution is 2.69. The molecule has 0 aliphatic heterocycles. The van der Waals surface area contributed by atoms with E-state index in [1.807, 2.05) is 6.92 Å². The molecule has 4 aliphatic rings. The molecule has 0 saturated heterocycles. The van der Waals surface area contributed by atoms with Crippen LogP contribution in [-0.4, -0.2) is 36.5 Å². The number of amides is 1. The normalized spacial score (nSPS) is 33.3. The molecule has 8 heteroatoms. The zero-order valence-electron chi connectivity index (χ0n) is 16.8. The van der Waals surface area contributed by atoms with Crippen molar-refractivity contribution in [2.45, 2.75) is 57.1 Å². The van der Waals surface area contributed by atoms with Crippen LogP contribution in [-0.2, 0) is 14.3 Å². The van der Waals surface area contributed by atoms with Crippen LogP contribution in [0.5, 0.6) is 5.75 Å². The van der Waals surface area contributed by atoms with Gasteiger partial charge in [0.25, 0.3) is 5.91 Å². The van der Waals surface area contributed by atoms with Crippen molar-refractivity contribution in [3.8, 4) is 11.8 Å². The topological polar surface area (TPSA) is 88.4 Å². The summed E-state index contributed by atoms with van der Waals surface area (Å²) in [6.07, 6.45) is 4.18. The Morgan fingerprint density at radius 3 is 2.63 bits per heavy atom. The van der Waals surface area contributed by atoms with E-state index in [0.717, 1.165) is 25.3 Å². The van der Waals surface area contributed by atoms with Gasteiger partial charge in [0.2, 0.25) is 0 Å². The van der Waals surface area contributed by atoms with Crippen LogP contribution in [0.4, 0.5) is 4.39 Å². The Morgan fingerprint density at radius 1 is 1.30 bits per heavy atom. The number of Topliss-reactive ketones (excluding diaryl/α,β-unsaturated/α-hetero) is 1. The van der Waals surface area contributed by atoms with Gasteiger partial charge in [0.15, 0.2) is 12.4 Å². The molecule has 4 fully saturated rings. The van der Waals surface area contributed by atoms with Gasteiger partial charge in [0.05, 0.1) is 22.6 Å². The van der Waals surface area contributed by atoms with Gasteiger partial charge in [-0.2, -0.15) is 5.26 Å². The van der Waals surface area contributed by atoms with Crippen molar-refractivity contribution in [2.75, 3.05) is 13.2 Å². The monoisotopic (exact) mass is 434 g/mol. The number of ketones is 1. The van der Waals surface area contributed by atoms with Crippen LogP contribution in [0.1, 0.15) is 45.4 Å². The van der Waals surface area contributed by atoms with E-state index in [1.165, 1.54) is 12.1 Å². The second-order valence-electron chi connectivity index (χ2n) is 9.45. The molecule has 1 aromatic rings. The number of nitrogens with zero attached hydrogens (tertiary/aromatic N) is 1. The molecule has 1 N–H and O–H groups in total. The SMILES string of the molecule is CC1(C#N)CC(OCC(=O)CC23CC(NC(=O)COc4ccc(Cl)c(F)c4)(C2)C3)C1. The van der Waals surface area contributed by atoms with Crippen LogP contribution in [0, 0.1) is 28.0 Å². The molecule has 4 saturated carbocycles. The lowest BCUT2D eigenvalue weighted by molar-refractivity contribution is -0.175. The van der Waals surface area contributed by atoms with Crippen LogP contribution >= 0.6 is 11.6 Å². The number of rotatable bonds is 9. The summed E-state index contributed by atoms with van der Waals surface area (Å²) in [4.78, 5) is 24.4. The largest absolute Gasteiger partial charge is 0.484 e. The third-order valence-corrected chi connectivity index (χ3v) is 6.79. The molecule has 30 heavy (non-hydrogen) atoms. The predicted octanol–water partition coefficient (Wildman–Crippen LogP) is 3.56. The Labute approximate surface area is 179 Å².